The van der Waals surface area contributed by atoms with Crippen LogP contribution in [0.15, 0.2) is 54.6 Å². The molecule has 2 aliphatic carbocycles. The van der Waals surface area contributed by atoms with E-state index >= 15 is 0 Å². The zero-order valence-electron chi connectivity index (χ0n) is 17.7. The molecular weight excluding hydrogens is 390 g/mol. The van der Waals surface area contributed by atoms with Crippen LogP contribution in [-0.2, 0) is 14.3 Å². The SMILES string of the molecule is CCCCOC(=O)c1ccc(N2C(=O)C3C4CC(c5ccccc5)C(C4)C3C2=O)cc1. The van der Waals surface area contributed by atoms with E-state index in [1.165, 1.54) is 10.5 Å². The van der Waals surface area contributed by atoms with Gasteiger partial charge in [-0.05, 0) is 66.8 Å². The Balaban J connectivity index is 1.34. The number of nitrogens with zero attached hydrogens (tertiary/aromatic N) is 1. The average molecular weight is 418 g/mol. The van der Waals surface area contributed by atoms with Gasteiger partial charge in [-0.3, -0.25) is 14.5 Å². The first-order valence-corrected chi connectivity index (χ1v) is 11.3. The maximum absolute atomic E-state index is 13.4. The Bertz CT molecular complexity index is 1000. The predicted octanol–water partition coefficient (Wildman–Crippen LogP) is 4.57. The lowest BCUT2D eigenvalue weighted by atomic mass is 9.73. The fourth-order valence-electron chi connectivity index (χ4n) is 5.94. The average Bonchev–Trinajstić information content (AvgIpc) is 3.46. The van der Waals surface area contributed by atoms with E-state index in [-0.39, 0.29) is 41.5 Å². The second-order valence-electron chi connectivity index (χ2n) is 9.01. The van der Waals surface area contributed by atoms with E-state index < -0.39 is 0 Å². The Kier molecular flexibility index (Phi) is 5.12. The highest BCUT2D eigenvalue weighted by atomic mass is 16.5. The van der Waals surface area contributed by atoms with E-state index in [1.54, 1.807) is 24.3 Å². The van der Waals surface area contributed by atoms with Crippen molar-refractivity contribution in [3.8, 4) is 0 Å². The molecule has 160 valence electrons. The Hall–Kier alpha value is -2.95. The summed E-state index contributed by atoms with van der Waals surface area (Å²) in [7, 11) is 0. The summed E-state index contributed by atoms with van der Waals surface area (Å²) in [4.78, 5) is 40.1. The minimum atomic E-state index is -0.375. The summed E-state index contributed by atoms with van der Waals surface area (Å²) in [6.45, 7) is 2.44. The number of unbranched alkanes of at least 4 members (excludes halogenated alkanes) is 1. The van der Waals surface area contributed by atoms with Gasteiger partial charge in [-0.15, -0.1) is 0 Å². The zero-order chi connectivity index (χ0) is 21.5. The quantitative estimate of drug-likeness (QED) is 0.392. The van der Waals surface area contributed by atoms with Crippen molar-refractivity contribution in [1.82, 2.24) is 0 Å². The monoisotopic (exact) mass is 417 g/mol. The Morgan fingerprint density at radius 3 is 2.39 bits per heavy atom. The molecule has 2 bridgehead atoms. The lowest BCUT2D eigenvalue weighted by molar-refractivity contribution is -0.123. The zero-order valence-corrected chi connectivity index (χ0v) is 17.7. The van der Waals surface area contributed by atoms with Gasteiger partial charge in [-0.25, -0.2) is 4.79 Å². The van der Waals surface area contributed by atoms with Gasteiger partial charge in [-0.2, -0.15) is 0 Å². The van der Waals surface area contributed by atoms with Crippen LogP contribution in [-0.4, -0.2) is 24.4 Å². The number of anilines is 1. The summed E-state index contributed by atoms with van der Waals surface area (Å²) in [5.41, 5.74) is 2.26. The first-order chi connectivity index (χ1) is 15.1. The van der Waals surface area contributed by atoms with Gasteiger partial charge in [0.2, 0.25) is 11.8 Å². The number of hydrogen-bond acceptors (Lipinski definition) is 4. The summed E-state index contributed by atoms with van der Waals surface area (Å²) in [5.74, 6) is -0.106. The van der Waals surface area contributed by atoms with E-state index in [1.807, 2.05) is 25.1 Å². The van der Waals surface area contributed by atoms with E-state index in [4.69, 9.17) is 4.74 Å². The van der Waals surface area contributed by atoms with Crippen LogP contribution in [0.2, 0.25) is 0 Å². The third-order valence-corrected chi connectivity index (χ3v) is 7.34. The van der Waals surface area contributed by atoms with Gasteiger partial charge in [-0.1, -0.05) is 43.7 Å². The molecule has 3 aliphatic rings. The maximum atomic E-state index is 13.4. The maximum Gasteiger partial charge on any atom is 0.338 e. The summed E-state index contributed by atoms with van der Waals surface area (Å²) in [6.07, 6.45) is 3.73. The molecule has 2 amide bonds. The van der Waals surface area contributed by atoms with Crippen molar-refractivity contribution < 1.29 is 19.1 Å². The van der Waals surface area contributed by atoms with Crippen LogP contribution in [0.5, 0.6) is 0 Å². The van der Waals surface area contributed by atoms with Crippen LogP contribution in [0, 0.1) is 23.7 Å². The van der Waals surface area contributed by atoms with E-state index in [9.17, 15) is 14.4 Å². The topological polar surface area (TPSA) is 63.7 Å². The highest BCUT2D eigenvalue weighted by Gasteiger charge is 2.64. The number of carbonyl (C=O) groups excluding carboxylic acids is 3. The number of esters is 1. The van der Waals surface area contributed by atoms with Crippen molar-refractivity contribution in [2.45, 2.75) is 38.5 Å². The molecule has 3 fully saturated rings. The number of amides is 2. The number of fused-ring (bicyclic) bond motifs is 5. The molecule has 1 heterocycles. The van der Waals surface area contributed by atoms with Gasteiger partial charge in [0.05, 0.1) is 29.7 Å². The smallest absolute Gasteiger partial charge is 0.338 e. The van der Waals surface area contributed by atoms with Gasteiger partial charge in [0.15, 0.2) is 0 Å². The van der Waals surface area contributed by atoms with Crippen molar-refractivity contribution in [2.24, 2.45) is 23.7 Å². The van der Waals surface area contributed by atoms with Crippen molar-refractivity contribution in [3.63, 3.8) is 0 Å². The fourth-order valence-corrected chi connectivity index (χ4v) is 5.94. The molecule has 0 radical (unpaired) electrons. The van der Waals surface area contributed by atoms with Gasteiger partial charge in [0.1, 0.15) is 0 Å². The highest BCUT2D eigenvalue weighted by Crippen LogP contribution is 2.61. The molecule has 5 heteroatoms. The second kappa shape index (κ2) is 7.95. The normalized spacial score (nSPS) is 28.8. The summed E-state index contributed by atoms with van der Waals surface area (Å²) >= 11 is 0. The standard InChI is InChI=1S/C26H27NO4/c1-2-3-13-31-26(30)17-9-11-19(12-10-17)27-24(28)22-18-14-20(16-7-5-4-6-8-16)21(15-18)23(22)25(27)29/h4-12,18,20-23H,2-3,13-15H2,1H3. The first kappa shape index (κ1) is 20.0. The van der Waals surface area contributed by atoms with Crippen LogP contribution >= 0.6 is 0 Å². The molecule has 2 aromatic carbocycles. The number of ether oxygens (including phenoxy) is 1. The number of benzene rings is 2. The summed E-state index contributed by atoms with van der Waals surface area (Å²) in [5, 5.41) is 0. The summed E-state index contributed by atoms with van der Waals surface area (Å²) in [6, 6.07) is 17.0. The number of imide groups is 1. The second-order valence-corrected chi connectivity index (χ2v) is 9.01. The van der Waals surface area contributed by atoms with Gasteiger partial charge in [0.25, 0.3) is 0 Å². The molecule has 31 heavy (non-hydrogen) atoms. The molecule has 0 N–H and O–H groups in total. The van der Waals surface area contributed by atoms with Crippen LogP contribution in [0.25, 0.3) is 0 Å². The van der Waals surface area contributed by atoms with Crippen LogP contribution in [0.1, 0.15) is 54.4 Å². The number of carbonyl (C=O) groups is 3. The third-order valence-electron chi connectivity index (χ3n) is 7.34. The Morgan fingerprint density at radius 2 is 1.68 bits per heavy atom. The molecule has 1 aliphatic heterocycles. The molecule has 2 saturated carbocycles. The van der Waals surface area contributed by atoms with Crippen molar-refractivity contribution >= 4 is 23.5 Å². The molecule has 5 rings (SSSR count). The predicted molar refractivity (Wildman–Crippen MR) is 117 cm³/mol. The van der Waals surface area contributed by atoms with Crippen molar-refractivity contribution in [2.75, 3.05) is 11.5 Å². The number of hydrogen-bond donors (Lipinski definition) is 0. The van der Waals surface area contributed by atoms with Crippen LogP contribution in [0.4, 0.5) is 5.69 Å². The van der Waals surface area contributed by atoms with E-state index in [0.29, 0.717) is 23.8 Å². The molecule has 5 atom stereocenters. The third kappa shape index (κ3) is 3.27. The lowest BCUT2D eigenvalue weighted by Crippen LogP contribution is -2.33. The van der Waals surface area contributed by atoms with Crippen molar-refractivity contribution in [1.29, 1.82) is 0 Å². The molecule has 0 spiro atoms. The van der Waals surface area contributed by atoms with Gasteiger partial charge >= 0.3 is 5.97 Å². The number of rotatable bonds is 6. The molecule has 2 aromatic rings. The molecule has 5 unspecified atom stereocenters. The van der Waals surface area contributed by atoms with Crippen molar-refractivity contribution in [3.05, 3.63) is 65.7 Å². The minimum absolute atomic E-state index is 0.0766. The van der Waals surface area contributed by atoms with Gasteiger partial charge in [0, 0.05) is 0 Å². The largest absolute Gasteiger partial charge is 0.462 e. The molecular formula is C26H27NO4. The van der Waals surface area contributed by atoms with Gasteiger partial charge < -0.3 is 4.74 Å². The molecule has 5 nitrogen and oxygen atoms in total. The Labute approximate surface area is 182 Å². The summed E-state index contributed by atoms with van der Waals surface area (Å²) < 4.78 is 5.24. The Morgan fingerprint density at radius 1 is 0.968 bits per heavy atom. The molecule has 1 saturated heterocycles. The van der Waals surface area contributed by atoms with E-state index in [0.717, 1.165) is 25.7 Å². The van der Waals surface area contributed by atoms with E-state index in [2.05, 4.69) is 12.1 Å². The highest BCUT2D eigenvalue weighted by molar-refractivity contribution is 6.22. The first-order valence-electron chi connectivity index (χ1n) is 11.3. The minimum Gasteiger partial charge on any atom is -0.462 e. The molecule has 0 aromatic heterocycles. The van der Waals surface area contributed by atoms with Crippen LogP contribution < -0.4 is 4.90 Å². The lowest BCUT2D eigenvalue weighted by Gasteiger charge is -2.28. The van der Waals surface area contributed by atoms with Crippen LogP contribution in [0.3, 0.4) is 0 Å². The fraction of sp³-hybridized carbons (Fsp3) is 0.423.